The minimum absolute atomic E-state index is 0.294. The molecule has 0 saturated heterocycles. The Bertz CT molecular complexity index is 666. The van der Waals surface area contributed by atoms with Crippen molar-refractivity contribution in [1.82, 2.24) is 0 Å². The van der Waals surface area contributed by atoms with Gasteiger partial charge in [-0.15, -0.1) is 0 Å². The van der Waals surface area contributed by atoms with E-state index in [1.165, 1.54) is 17.0 Å². The van der Waals surface area contributed by atoms with Gasteiger partial charge in [-0.05, 0) is 55.0 Å². The summed E-state index contributed by atoms with van der Waals surface area (Å²) in [5.41, 5.74) is 2.17. The lowest BCUT2D eigenvalue weighted by atomic mass is 10.1. The quantitative estimate of drug-likeness (QED) is 0.839. The van der Waals surface area contributed by atoms with E-state index >= 15 is 0 Å². The summed E-state index contributed by atoms with van der Waals surface area (Å²) in [6.45, 7) is 1.74. The molecule has 0 unspecified atom stereocenters. The number of anilines is 1. The first kappa shape index (κ1) is 13.8. The zero-order valence-electron chi connectivity index (χ0n) is 11.2. The number of carbonyl (C=O) groups is 1. The third-order valence-corrected chi connectivity index (χ3v) is 2.98. The van der Waals surface area contributed by atoms with Gasteiger partial charge in [-0.3, -0.25) is 4.79 Å². The summed E-state index contributed by atoms with van der Waals surface area (Å²) in [7, 11) is 1.62. The second-order valence-electron chi connectivity index (χ2n) is 4.54. The molecule has 0 aliphatic carbocycles. The summed E-state index contributed by atoms with van der Waals surface area (Å²) < 4.78 is 13.3. The van der Waals surface area contributed by atoms with E-state index in [1.807, 2.05) is 6.07 Å². The Labute approximate surface area is 116 Å². The van der Waals surface area contributed by atoms with Crippen LogP contribution in [-0.4, -0.2) is 13.0 Å². The summed E-state index contributed by atoms with van der Waals surface area (Å²) in [6.07, 6.45) is 0. The second-order valence-corrected chi connectivity index (χ2v) is 4.54. The zero-order valence-corrected chi connectivity index (χ0v) is 11.2. The SMILES string of the molecule is Cc1cc(F)cc(C(=O)N(C)c2ccc(C#N)cc2)c1. The fourth-order valence-electron chi connectivity index (χ4n) is 1.93. The maximum atomic E-state index is 13.3. The van der Waals surface area contributed by atoms with Crippen LogP contribution < -0.4 is 4.90 Å². The van der Waals surface area contributed by atoms with E-state index in [2.05, 4.69) is 0 Å². The number of amides is 1. The summed E-state index contributed by atoms with van der Waals surface area (Å²) in [6, 6.07) is 12.9. The van der Waals surface area contributed by atoms with Gasteiger partial charge in [0.25, 0.3) is 5.91 Å². The molecule has 2 rings (SSSR count). The summed E-state index contributed by atoms with van der Waals surface area (Å²) >= 11 is 0. The van der Waals surface area contributed by atoms with Gasteiger partial charge >= 0.3 is 0 Å². The van der Waals surface area contributed by atoms with Crippen molar-refractivity contribution in [1.29, 1.82) is 5.26 Å². The molecule has 0 bridgehead atoms. The lowest BCUT2D eigenvalue weighted by molar-refractivity contribution is 0.0992. The van der Waals surface area contributed by atoms with Crippen LogP contribution in [0.25, 0.3) is 0 Å². The molecule has 0 N–H and O–H groups in total. The number of carbonyl (C=O) groups excluding carboxylic acids is 1. The maximum absolute atomic E-state index is 13.3. The molecule has 0 aliphatic rings. The smallest absolute Gasteiger partial charge is 0.258 e. The first-order valence-corrected chi connectivity index (χ1v) is 6.06. The molecule has 0 radical (unpaired) electrons. The van der Waals surface area contributed by atoms with Gasteiger partial charge in [-0.2, -0.15) is 5.26 Å². The molecule has 0 saturated carbocycles. The van der Waals surface area contributed by atoms with E-state index in [4.69, 9.17) is 5.26 Å². The highest BCUT2D eigenvalue weighted by Crippen LogP contribution is 2.17. The number of aryl methyl sites for hydroxylation is 1. The Hall–Kier alpha value is -2.67. The average Bonchev–Trinajstić information content (AvgIpc) is 2.45. The fourth-order valence-corrected chi connectivity index (χ4v) is 1.93. The van der Waals surface area contributed by atoms with E-state index in [1.54, 1.807) is 44.3 Å². The van der Waals surface area contributed by atoms with Crippen LogP contribution in [-0.2, 0) is 0 Å². The van der Waals surface area contributed by atoms with Crippen LogP contribution in [0.4, 0.5) is 10.1 Å². The van der Waals surface area contributed by atoms with E-state index in [9.17, 15) is 9.18 Å². The molecule has 0 atom stereocenters. The highest BCUT2D eigenvalue weighted by molar-refractivity contribution is 6.05. The number of hydrogen-bond acceptors (Lipinski definition) is 2. The van der Waals surface area contributed by atoms with Crippen LogP contribution in [0.5, 0.6) is 0 Å². The van der Waals surface area contributed by atoms with Crippen molar-refractivity contribution in [3.63, 3.8) is 0 Å². The molecular weight excluding hydrogens is 255 g/mol. The minimum atomic E-state index is -0.429. The predicted octanol–water partition coefficient (Wildman–Crippen LogP) is 3.28. The molecule has 100 valence electrons. The number of nitrogens with zero attached hydrogens (tertiary/aromatic N) is 2. The lowest BCUT2D eigenvalue weighted by Crippen LogP contribution is -2.26. The van der Waals surface area contributed by atoms with Crippen molar-refractivity contribution < 1.29 is 9.18 Å². The second kappa shape index (κ2) is 5.54. The largest absolute Gasteiger partial charge is 0.311 e. The molecular formula is C16H13FN2O. The molecule has 0 spiro atoms. The van der Waals surface area contributed by atoms with E-state index in [0.29, 0.717) is 22.4 Å². The van der Waals surface area contributed by atoms with Gasteiger partial charge in [0.15, 0.2) is 0 Å². The molecule has 0 aliphatic heterocycles. The van der Waals surface area contributed by atoms with Crippen LogP contribution in [0.15, 0.2) is 42.5 Å². The van der Waals surface area contributed by atoms with Crippen molar-refractivity contribution in [3.05, 3.63) is 65.0 Å². The van der Waals surface area contributed by atoms with Gasteiger partial charge < -0.3 is 4.90 Å². The van der Waals surface area contributed by atoms with Gasteiger partial charge in [0.1, 0.15) is 5.82 Å². The molecule has 1 amide bonds. The van der Waals surface area contributed by atoms with E-state index in [-0.39, 0.29) is 5.91 Å². The third kappa shape index (κ3) is 2.83. The Morgan fingerprint density at radius 3 is 2.40 bits per heavy atom. The predicted molar refractivity (Wildman–Crippen MR) is 75.0 cm³/mol. The maximum Gasteiger partial charge on any atom is 0.258 e. The van der Waals surface area contributed by atoms with Crippen LogP contribution in [0.3, 0.4) is 0 Å². The lowest BCUT2D eigenvalue weighted by Gasteiger charge is -2.17. The Morgan fingerprint density at radius 1 is 1.20 bits per heavy atom. The molecule has 4 heteroatoms. The zero-order chi connectivity index (χ0) is 14.7. The fraction of sp³-hybridized carbons (Fsp3) is 0.125. The van der Waals surface area contributed by atoms with Gasteiger partial charge in [0, 0.05) is 18.3 Å². The Morgan fingerprint density at radius 2 is 1.85 bits per heavy atom. The monoisotopic (exact) mass is 268 g/mol. The number of benzene rings is 2. The molecule has 3 nitrogen and oxygen atoms in total. The van der Waals surface area contributed by atoms with Gasteiger partial charge in [0.05, 0.1) is 11.6 Å². The van der Waals surface area contributed by atoms with E-state index < -0.39 is 5.82 Å². The number of hydrogen-bond donors (Lipinski definition) is 0. The number of rotatable bonds is 2. The van der Waals surface area contributed by atoms with Gasteiger partial charge in [0.2, 0.25) is 0 Å². The summed E-state index contributed by atoms with van der Waals surface area (Å²) in [5.74, 6) is -0.723. The molecule has 0 aromatic heterocycles. The molecule has 0 fully saturated rings. The van der Waals surface area contributed by atoms with Crippen molar-refractivity contribution in [2.24, 2.45) is 0 Å². The molecule has 20 heavy (non-hydrogen) atoms. The third-order valence-electron chi connectivity index (χ3n) is 2.98. The Kier molecular flexibility index (Phi) is 3.81. The van der Waals surface area contributed by atoms with Crippen molar-refractivity contribution in [2.45, 2.75) is 6.92 Å². The molecule has 2 aromatic rings. The first-order chi connectivity index (χ1) is 9.51. The number of halogens is 1. The highest BCUT2D eigenvalue weighted by atomic mass is 19.1. The summed E-state index contributed by atoms with van der Waals surface area (Å²) in [5, 5.41) is 8.74. The number of nitriles is 1. The summed E-state index contributed by atoms with van der Waals surface area (Å²) in [4.78, 5) is 13.7. The molecule has 0 heterocycles. The first-order valence-electron chi connectivity index (χ1n) is 6.06. The van der Waals surface area contributed by atoms with Crippen LogP contribution in [0.1, 0.15) is 21.5 Å². The standard InChI is InChI=1S/C16H13FN2O/c1-11-7-13(9-14(17)8-11)16(20)19(2)15-5-3-12(10-18)4-6-15/h3-9H,1-2H3. The van der Waals surface area contributed by atoms with Crippen molar-refractivity contribution in [3.8, 4) is 6.07 Å². The van der Waals surface area contributed by atoms with E-state index in [0.717, 1.165) is 0 Å². The minimum Gasteiger partial charge on any atom is -0.311 e. The van der Waals surface area contributed by atoms with Gasteiger partial charge in [-0.1, -0.05) is 0 Å². The van der Waals surface area contributed by atoms with Gasteiger partial charge in [-0.25, -0.2) is 4.39 Å². The molecule has 2 aromatic carbocycles. The van der Waals surface area contributed by atoms with Crippen molar-refractivity contribution >= 4 is 11.6 Å². The average molecular weight is 268 g/mol. The highest BCUT2D eigenvalue weighted by Gasteiger charge is 2.14. The normalized spacial score (nSPS) is 9.90. The van der Waals surface area contributed by atoms with Crippen LogP contribution in [0.2, 0.25) is 0 Å². The van der Waals surface area contributed by atoms with Crippen LogP contribution >= 0.6 is 0 Å². The van der Waals surface area contributed by atoms with Crippen LogP contribution in [0, 0.1) is 24.1 Å². The Balaban J connectivity index is 2.29. The van der Waals surface area contributed by atoms with Crippen molar-refractivity contribution in [2.75, 3.05) is 11.9 Å². The topological polar surface area (TPSA) is 44.1 Å².